The number of rotatable bonds is 5. The van der Waals surface area contributed by atoms with Crippen LogP contribution in [0, 0.1) is 15.3 Å². The fraction of sp³-hybridized carbons (Fsp3) is 0.375. The Kier molecular flexibility index (Phi) is 5.50. The van der Waals surface area contributed by atoms with Crippen molar-refractivity contribution in [2.45, 2.75) is 27.2 Å². The second kappa shape index (κ2) is 7.15. The van der Waals surface area contributed by atoms with Gasteiger partial charge in [0.1, 0.15) is 11.6 Å². The molecule has 0 radical (unpaired) electrons. The molecule has 3 nitrogen and oxygen atoms in total. The molecule has 21 heavy (non-hydrogen) atoms. The van der Waals surface area contributed by atoms with Crippen molar-refractivity contribution in [3.63, 3.8) is 0 Å². The van der Waals surface area contributed by atoms with E-state index in [0.29, 0.717) is 17.3 Å². The summed E-state index contributed by atoms with van der Waals surface area (Å²) in [5.74, 6) is 1.62. The average Bonchev–Trinajstić information content (AvgIpc) is 2.42. The van der Waals surface area contributed by atoms with Crippen molar-refractivity contribution in [1.82, 2.24) is 9.97 Å². The Morgan fingerprint density at radius 2 is 2.05 bits per heavy atom. The van der Waals surface area contributed by atoms with Crippen LogP contribution in [0.5, 0.6) is 0 Å². The predicted molar refractivity (Wildman–Crippen MR) is 92.8 cm³/mol. The second-order valence-corrected chi connectivity index (χ2v) is 6.37. The quantitative estimate of drug-likeness (QED) is 0.752. The van der Waals surface area contributed by atoms with E-state index in [2.05, 4.69) is 51.7 Å². The van der Waals surface area contributed by atoms with Crippen LogP contribution in [0.2, 0.25) is 0 Å². The molecule has 2 rings (SSSR count). The second-order valence-electron chi connectivity index (χ2n) is 5.30. The van der Waals surface area contributed by atoms with E-state index in [0.717, 1.165) is 28.0 Å². The highest BCUT2D eigenvalue weighted by molar-refractivity contribution is 14.1. The third-order valence-electron chi connectivity index (χ3n) is 2.95. The fourth-order valence-corrected chi connectivity index (χ4v) is 2.71. The summed E-state index contributed by atoms with van der Waals surface area (Å²) >= 11 is 2.28. The van der Waals surface area contributed by atoms with E-state index in [9.17, 15) is 4.39 Å². The summed E-state index contributed by atoms with van der Waals surface area (Å²) in [4.78, 5) is 9.19. The van der Waals surface area contributed by atoms with Crippen LogP contribution in [0.15, 0.2) is 24.3 Å². The van der Waals surface area contributed by atoms with Gasteiger partial charge in [0.05, 0.1) is 9.26 Å². The van der Waals surface area contributed by atoms with Crippen LogP contribution < -0.4 is 5.32 Å². The Bertz CT molecular complexity index is 629. The molecule has 0 saturated carbocycles. The summed E-state index contributed by atoms with van der Waals surface area (Å²) in [6.07, 6.45) is 0.876. The fourth-order valence-electron chi connectivity index (χ4n) is 2.06. The number of hydrogen-bond acceptors (Lipinski definition) is 3. The van der Waals surface area contributed by atoms with Crippen LogP contribution in [0.1, 0.15) is 26.5 Å². The van der Waals surface area contributed by atoms with Gasteiger partial charge in [-0.3, -0.25) is 0 Å². The van der Waals surface area contributed by atoms with Gasteiger partial charge < -0.3 is 5.32 Å². The third kappa shape index (κ3) is 4.12. The maximum Gasteiger partial charge on any atom is 0.161 e. The van der Waals surface area contributed by atoms with Crippen LogP contribution in [-0.2, 0) is 6.42 Å². The molecule has 5 heteroatoms. The Hall–Kier alpha value is -1.24. The molecule has 0 atom stereocenters. The highest BCUT2D eigenvalue weighted by Crippen LogP contribution is 2.26. The Balaban J connectivity index is 2.52. The molecule has 0 amide bonds. The van der Waals surface area contributed by atoms with Crippen molar-refractivity contribution in [1.29, 1.82) is 0 Å². The zero-order valence-corrected chi connectivity index (χ0v) is 14.6. The number of halogens is 2. The highest BCUT2D eigenvalue weighted by Gasteiger charge is 2.14. The number of nitrogens with zero attached hydrogens (tertiary/aromatic N) is 2. The molecule has 0 spiro atoms. The minimum atomic E-state index is -0.273. The monoisotopic (exact) mass is 399 g/mol. The van der Waals surface area contributed by atoms with Gasteiger partial charge in [0.2, 0.25) is 0 Å². The minimum Gasteiger partial charge on any atom is -0.369 e. The van der Waals surface area contributed by atoms with Gasteiger partial charge in [-0.05, 0) is 54.0 Å². The first-order chi connectivity index (χ1) is 10.0. The average molecular weight is 399 g/mol. The summed E-state index contributed by atoms with van der Waals surface area (Å²) in [6, 6.07) is 6.41. The van der Waals surface area contributed by atoms with Crippen molar-refractivity contribution < 1.29 is 4.39 Å². The van der Waals surface area contributed by atoms with Gasteiger partial charge in [0, 0.05) is 12.1 Å². The molecule has 0 unspecified atom stereocenters. The van der Waals surface area contributed by atoms with Gasteiger partial charge in [-0.25, -0.2) is 14.4 Å². The molecule has 0 aliphatic rings. The van der Waals surface area contributed by atoms with Crippen LogP contribution in [-0.4, -0.2) is 16.5 Å². The first-order valence-electron chi connectivity index (χ1n) is 7.07. The van der Waals surface area contributed by atoms with E-state index in [-0.39, 0.29) is 5.82 Å². The first kappa shape index (κ1) is 16.1. The predicted octanol–water partition coefficient (Wildman–Crippen LogP) is 4.52. The molecular formula is C16H19FIN3. The Morgan fingerprint density at radius 1 is 1.29 bits per heavy atom. The van der Waals surface area contributed by atoms with Crippen LogP contribution in [0.3, 0.4) is 0 Å². The summed E-state index contributed by atoms with van der Waals surface area (Å²) in [6.45, 7) is 7.14. The van der Waals surface area contributed by atoms with E-state index in [1.807, 2.05) is 13.0 Å². The summed E-state index contributed by atoms with van der Waals surface area (Å²) in [7, 11) is 0. The van der Waals surface area contributed by atoms with Crippen LogP contribution >= 0.6 is 22.6 Å². The van der Waals surface area contributed by atoms with Crippen LogP contribution in [0.25, 0.3) is 11.4 Å². The molecule has 2 aromatic rings. The topological polar surface area (TPSA) is 37.8 Å². The summed E-state index contributed by atoms with van der Waals surface area (Å²) in [5, 5.41) is 3.26. The van der Waals surface area contributed by atoms with Gasteiger partial charge in [-0.15, -0.1) is 0 Å². The first-order valence-corrected chi connectivity index (χ1v) is 8.15. The lowest BCUT2D eigenvalue weighted by Gasteiger charge is -2.13. The lowest BCUT2D eigenvalue weighted by molar-refractivity contribution is 0.627. The van der Waals surface area contributed by atoms with Gasteiger partial charge in [-0.1, -0.05) is 26.0 Å². The number of nitrogens with one attached hydrogen (secondary N) is 1. The smallest absolute Gasteiger partial charge is 0.161 e. The largest absolute Gasteiger partial charge is 0.369 e. The number of aromatic nitrogens is 2. The summed E-state index contributed by atoms with van der Waals surface area (Å²) in [5.41, 5.74) is 1.71. The van der Waals surface area contributed by atoms with Gasteiger partial charge in [-0.2, -0.15) is 0 Å². The van der Waals surface area contributed by atoms with E-state index in [1.165, 1.54) is 12.1 Å². The molecule has 0 aliphatic carbocycles. The molecule has 1 aromatic carbocycles. The van der Waals surface area contributed by atoms with Crippen molar-refractivity contribution in [3.8, 4) is 11.4 Å². The summed E-state index contributed by atoms with van der Waals surface area (Å²) < 4.78 is 14.5. The third-order valence-corrected chi connectivity index (χ3v) is 4.08. The number of anilines is 1. The van der Waals surface area contributed by atoms with Crippen molar-refractivity contribution >= 4 is 28.4 Å². The molecule has 1 N–H and O–H groups in total. The molecule has 1 aromatic heterocycles. The Labute approximate surface area is 138 Å². The molecule has 0 fully saturated rings. The zero-order valence-electron chi connectivity index (χ0n) is 12.5. The van der Waals surface area contributed by atoms with Crippen molar-refractivity contribution in [3.05, 3.63) is 39.3 Å². The maximum atomic E-state index is 13.4. The Morgan fingerprint density at radius 3 is 2.67 bits per heavy atom. The van der Waals surface area contributed by atoms with Gasteiger partial charge >= 0.3 is 0 Å². The molecule has 0 bridgehead atoms. The normalized spacial score (nSPS) is 11.0. The molecule has 0 saturated heterocycles. The van der Waals surface area contributed by atoms with E-state index in [1.54, 1.807) is 6.07 Å². The molecule has 112 valence electrons. The minimum absolute atomic E-state index is 0.273. The van der Waals surface area contributed by atoms with Crippen molar-refractivity contribution in [2.24, 2.45) is 5.92 Å². The van der Waals surface area contributed by atoms with Gasteiger partial charge in [0.25, 0.3) is 0 Å². The standard InChI is InChI=1S/C16H19FIN3/c1-4-19-16-14(18)13(8-10(2)3)20-15(21-16)11-6-5-7-12(17)9-11/h5-7,9-10H,4,8H2,1-3H3,(H,19,20,21). The zero-order chi connectivity index (χ0) is 15.4. The molecule has 0 aliphatic heterocycles. The van der Waals surface area contributed by atoms with Gasteiger partial charge in [0.15, 0.2) is 5.82 Å². The lowest BCUT2D eigenvalue weighted by atomic mass is 10.1. The maximum absolute atomic E-state index is 13.4. The van der Waals surface area contributed by atoms with E-state index >= 15 is 0 Å². The number of hydrogen-bond donors (Lipinski definition) is 1. The molecule has 1 heterocycles. The lowest BCUT2D eigenvalue weighted by Crippen LogP contribution is -2.09. The van der Waals surface area contributed by atoms with E-state index < -0.39 is 0 Å². The highest BCUT2D eigenvalue weighted by atomic mass is 127. The van der Waals surface area contributed by atoms with Crippen LogP contribution in [0.4, 0.5) is 10.2 Å². The SMILES string of the molecule is CCNc1nc(-c2cccc(F)c2)nc(CC(C)C)c1I. The van der Waals surface area contributed by atoms with E-state index in [4.69, 9.17) is 0 Å². The van der Waals surface area contributed by atoms with Crippen molar-refractivity contribution in [2.75, 3.05) is 11.9 Å². The number of benzene rings is 1. The molecular weight excluding hydrogens is 380 g/mol.